The molecule has 10 heteroatoms. The molecule has 6 heterocycles. The summed E-state index contributed by atoms with van der Waals surface area (Å²) in [6.45, 7) is 13.9. The maximum Gasteiger partial charge on any atom is 0.274 e. The summed E-state index contributed by atoms with van der Waals surface area (Å²) >= 11 is 0. The second-order valence-electron chi connectivity index (χ2n) is 13.4. The van der Waals surface area contributed by atoms with E-state index in [1.807, 2.05) is 30.2 Å². The predicted octanol–water partition coefficient (Wildman–Crippen LogP) is 4.36. The molecule has 0 saturated heterocycles. The Morgan fingerprint density at radius 1 is 1.05 bits per heavy atom. The van der Waals surface area contributed by atoms with E-state index in [4.69, 9.17) is 14.8 Å². The Bertz CT molecular complexity index is 1760. The number of rotatable bonds is 8. The number of hydrogen-bond acceptors (Lipinski definition) is 7. The van der Waals surface area contributed by atoms with Gasteiger partial charge in [0.1, 0.15) is 11.5 Å². The van der Waals surface area contributed by atoms with Gasteiger partial charge in [0.25, 0.3) is 5.56 Å². The van der Waals surface area contributed by atoms with E-state index in [2.05, 4.69) is 58.7 Å². The van der Waals surface area contributed by atoms with E-state index in [0.717, 1.165) is 87.7 Å². The quantitative estimate of drug-likeness (QED) is 0.324. The molecule has 10 nitrogen and oxygen atoms in total. The summed E-state index contributed by atoms with van der Waals surface area (Å²) in [5.74, 6) is 1.74. The molecule has 4 aromatic heterocycles. The van der Waals surface area contributed by atoms with Gasteiger partial charge < -0.3 is 24.1 Å². The molecule has 0 bridgehead atoms. The number of methoxy groups -OCH3 is 1. The largest absolute Gasteiger partial charge is 0.383 e. The van der Waals surface area contributed by atoms with Crippen molar-refractivity contribution in [2.75, 3.05) is 43.6 Å². The average molecular weight is 597 g/mol. The van der Waals surface area contributed by atoms with Gasteiger partial charge in [-0.2, -0.15) is 5.10 Å². The fourth-order valence-electron chi connectivity index (χ4n) is 7.44. The molecular weight excluding hydrogens is 552 g/mol. The zero-order valence-electron chi connectivity index (χ0n) is 26.7. The van der Waals surface area contributed by atoms with Crippen molar-refractivity contribution in [3.8, 4) is 11.1 Å². The number of ether oxygens (including phenoxy) is 1. The lowest BCUT2D eigenvalue weighted by atomic mass is 9.90. The maximum absolute atomic E-state index is 13.3. The van der Waals surface area contributed by atoms with E-state index in [0.29, 0.717) is 23.5 Å². The lowest BCUT2D eigenvalue weighted by Crippen LogP contribution is -2.35. The van der Waals surface area contributed by atoms with Gasteiger partial charge in [-0.1, -0.05) is 20.8 Å². The molecule has 1 N–H and O–H groups in total. The van der Waals surface area contributed by atoms with Gasteiger partial charge in [0.15, 0.2) is 5.82 Å². The van der Waals surface area contributed by atoms with Crippen LogP contribution in [-0.4, -0.2) is 62.1 Å². The molecule has 0 unspecified atom stereocenters. The van der Waals surface area contributed by atoms with Crippen molar-refractivity contribution in [1.29, 1.82) is 0 Å². The third-order valence-electron chi connectivity index (χ3n) is 9.58. The van der Waals surface area contributed by atoms with Gasteiger partial charge >= 0.3 is 0 Å². The molecule has 0 fully saturated rings. The van der Waals surface area contributed by atoms with E-state index in [-0.39, 0.29) is 5.56 Å². The van der Waals surface area contributed by atoms with Gasteiger partial charge in [-0.25, -0.2) is 4.98 Å². The van der Waals surface area contributed by atoms with Crippen molar-refractivity contribution in [2.24, 2.45) is 12.5 Å². The summed E-state index contributed by atoms with van der Waals surface area (Å²) < 4.78 is 11.5. The Balaban J connectivity index is 1.16. The van der Waals surface area contributed by atoms with Crippen molar-refractivity contribution in [2.45, 2.75) is 66.2 Å². The van der Waals surface area contributed by atoms with Crippen LogP contribution in [0.15, 0.2) is 41.5 Å². The first-order valence-electron chi connectivity index (χ1n) is 15.9. The zero-order valence-corrected chi connectivity index (χ0v) is 26.7. The molecular formula is C34H44N8O2. The van der Waals surface area contributed by atoms with Gasteiger partial charge in [0, 0.05) is 87.9 Å². The molecule has 44 heavy (non-hydrogen) atoms. The number of fused-ring (bicyclic) bond motifs is 4. The Morgan fingerprint density at radius 2 is 1.91 bits per heavy atom. The Labute approximate surface area is 259 Å². The van der Waals surface area contributed by atoms with Crippen LogP contribution in [0.3, 0.4) is 0 Å². The summed E-state index contributed by atoms with van der Waals surface area (Å²) in [7, 11) is 3.55. The van der Waals surface area contributed by atoms with E-state index >= 15 is 0 Å². The number of anilines is 3. The molecule has 0 atom stereocenters. The number of nitrogens with zero attached hydrogens (tertiary/aromatic N) is 7. The first-order chi connectivity index (χ1) is 21.2. The number of nitrogens with one attached hydrogen (secondary N) is 1. The third kappa shape index (κ3) is 5.24. The van der Waals surface area contributed by atoms with Crippen LogP contribution >= 0.6 is 0 Å². The molecule has 0 aromatic carbocycles. The van der Waals surface area contributed by atoms with Gasteiger partial charge in [0.2, 0.25) is 0 Å². The molecule has 0 saturated carbocycles. The molecule has 1 aliphatic carbocycles. The number of hydrogen-bond donors (Lipinski definition) is 1. The fraction of sp³-hybridized carbons (Fsp3) is 0.500. The Kier molecular flexibility index (Phi) is 7.37. The molecule has 0 spiro atoms. The highest BCUT2D eigenvalue weighted by Gasteiger charge is 2.34. The number of aromatic nitrogens is 5. The van der Waals surface area contributed by atoms with Crippen LogP contribution in [0.2, 0.25) is 0 Å². The Morgan fingerprint density at radius 3 is 2.73 bits per heavy atom. The molecule has 7 rings (SSSR count). The highest BCUT2D eigenvalue weighted by atomic mass is 16.5. The average Bonchev–Trinajstić information content (AvgIpc) is 3.65. The minimum atomic E-state index is -0.0817. The zero-order chi connectivity index (χ0) is 30.6. The first kappa shape index (κ1) is 28.9. The van der Waals surface area contributed by atoms with E-state index in [1.165, 1.54) is 22.5 Å². The highest BCUT2D eigenvalue weighted by molar-refractivity contribution is 5.75. The summed E-state index contributed by atoms with van der Waals surface area (Å²) in [5.41, 5.74) is 9.70. The van der Waals surface area contributed by atoms with E-state index < -0.39 is 0 Å². The highest BCUT2D eigenvalue weighted by Crippen LogP contribution is 2.40. The van der Waals surface area contributed by atoms with Crippen LogP contribution in [0.25, 0.3) is 11.1 Å². The van der Waals surface area contributed by atoms with Gasteiger partial charge in [-0.15, -0.1) is 0 Å². The van der Waals surface area contributed by atoms with Crippen molar-refractivity contribution >= 4 is 17.3 Å². The summed E-state index contributed by atoms with van der Waals surface area (Å²) in [6.07, 6.45) is 7.02. The smallest absolute Gasteiger partial charge is 0.274 e. The van der Waals surface area contributed by atoms with E-state index in [1.54, 1.807) is 11.7 Å². The van der Waals surface area contributed by atoms with Crippen LogP contribution < -0.4 is 15.8 Å². The third-order valence-corrected chi connectivity index (χ3v) is 9.58. The first-order valence-corrected chi connectivity index (χ1v) is 15.9. The summed E-state index contributed by atoms with van der Waals surface area (Å²) in [6, 6.07) is 8.54. The van der Waals surface area contributed by atoms with Crippen molar-refractivity contribution in [1.82, 2.24) is 28.8 Å². The van der Waals surface area contributed by atoms with Crippen LogP contribution in [0.1, 0.15) is 49.0 Å². The lowest BCUT2D eigenvalue weighted by molar-refractivity contribution is 0.129. The molecule has 0 radical (unpaired) electrons. The minimum absolute atomic E-state index is 0.0817. The summed E-state index contributed by atoms with van der Waals surface area (Å²) in [5, 5.41) is 8.12. The maximum atomic E-state index is 13.3. The molecule has 232 valence electrons. The fourth-order valence-corrected chi connectivity index (χ4v) is 7.44. The lowest BCUT2D eigenvalue weighted by Gasteiger charge is -2.33. The number of pyridine rings is 2. The van der Waals surface area contributed by atoms with Crippen LogP contribution in [0.4, 0.5) is 17.3 Å². The summed E-state index contributed by atoms with van der Waals surface area (Å²) in [4.78, 5) is 23.0. The normalized spacial score (nSPS) is 17.4. The molecule has 3 aliphatic rings. The second kappa shape index (κ2) is 11.2. The standard InChI is InChI=1S/C34H44N8O2/c1-6-27-28(7-8-35-32(27)40-10-11-41-25(22-40)15-23-18-34(2,3)19-30(23)41)24-16-29(33(43)38(4)20-24)36-31-17-26-21-39(13-14-44-5)9-12-42(26)37-31/h7-8,15-17,20H,6,9-14,18-19,21-22H2,1-5H3,(H,36,37). The van der Waals surface area contributed by atoms with Crippen LogP contribution in [-0.2, 0) is 57.2 Å². The van der Waals surface area contributed by atoms with Crippen LogP contribution in [0.5, 0.6) is 0 Å². The van der Waals surface area contributed by atoms with Crippen LogP contribution in [0, 0.1) is 5.41 Å². The van der Waals surface area contributed by atoms with Gasteiger partial charge in [-0.3, -0.25) is 14.4 Å². The molecule has 2 aliphatic heterocycles. The molecule has 4 aromatic rings. The number of aryl methyl sites for hydroxylation is 1. The molecule has 0 amide bonds. The van der Waals surface area contributed by atoms with Gasteiger partial charge in [-0.05, 0) is 54.0 Å². The minimum Gasteiger partial charge on any atom is -0.383 e. The topological polar surface area (TPSA) is 85.4 Å². The second-order valence-corrected chi connectivity index (χ2v) is 13.4. The van der Waals surface area contributed by atoms with E-state index in [9.17, 15) is 4.79 Å². The SMILES string of the molecule is CCc1c(-c2cc(Nc3cc4n(n3)CCN(CCOC)C4)c(=O)n(C)c2)ccnc1N1CCn2c(cc3c2CC(C)(C)C3)C1. The monoisotopic (exact) mass is 596 g/mol. The van der Waals surface area contributed by atoms with Crippen molar-refractivity contribution < 1.29 is 4.74 Å². The Hall–Kier alpha value is -3.89. The van der Waals surface area contributed by atoms with Crippen molar-refractivity contribution in [3.63, 3.8) is 0 Å². The predicted molar refractivity (Wildman–Crippen MR) is 174 cm³/mol. The van der Waals surface area contributed by atoms with Gasteiger partial charge in [0.05, 0.1) is 25.4 Å². The van der Waals surface area contributed by atoms with Crippen molar-refractivity contribution in [3.05, 3.63) is 75.2 Å².